The van der Waals surface area contributed by atoms with Crippen LogP contribution in [-0.4, -0.2) is 18.4 Å². The fraction of sp³-hybridized carbons (Fsp3) is 0.304. The highest BCUT2D eigenvalue weighted by atomic mass is 16.3. The van der Waals surface area contributed by atoms with Crippen LogP contribution < -0.4 is 10.6 Å². The average molecular weight is 378 g/mol. The number of carbonyl (C=O) groups excluding carboxylic acids is 2. The predicted octanol–water partition coefficient (Wildman–Crippen LogP) is 4.35. The lowest BCUT2D eigenvalue weighted by atomic mass is 10.0. The fourth-order valence-corrected chi connectivity index (χ4v) is 3.19. The molecule has 1 heterocycles. The van der Waals surface area contributed by atoms with Gasteiger partial charge in [0, 0.05) is 29.6 Å². The Morgan fingerprint density at radius 1 is 0.929 bits per heavy atom. The van der Waals surface area contributed by atoms with Gasteiger partial charge in [-0.2, -0.15) is 0 Å². The molecule has 28 heavy (non-hydrogen) atoms. The molecule has 5 heteroatoms. The third-order valence-corrected chi connectivity index (χ3v) is 4.95. The van der Waals surface area contributed by atoms with E-state index in [4.69, 9.17) is 4.42 Å². The number of fused-ring (bicyclic) bond motifs is 1. The van der Waals surface area contributed by atoms with Gasteiger partial charge in [0.1, 0.15) is 5.58 Å². The minimum Gasteiger partial charge on any atom is -0.464 e. The van der Waals surface area contributed by atoms with E-state index in [1.54, 1.807) is 6.26 Å². The van der Waals surface area contributed by atoms with Gasteiger partial charge in [0.15, 0.2) is 0 Å². The highest BCUT2D eigenvalue weighted by Gasteiger charge is 2.12. The number of furan rings is 1. The second-order valence-corrected chi connectivity index (χ2v) is 7.34. The van der Waals surface area contributed by atoms with E-state index in [1.807, 2.05) is 58.0 Å². The van der Waals surface area contributed by atoms with E-state index in [0.29, 0.717) is 6.54 Å². The molecule has 3 rings (SSSR count). The molecule has 0 atom stereocenters. The number of nitrogens with one attached hydrogen (secondary N) is 2. The topological polar surface area (TPSA) is 71.3 Å². The van der Waals surface area contributed by atoms with Crippen molar-refractivity contribution in [2.24, 2.45) is 0 Å². The van der Waals surface area contributed by atoms with Gasteiger partial charge in [0.05, 0.1) is 12.7 Å². The number of rotatable bonds is 6. The Balaban J connectivity index is 1.51. The number of aryl methyl sites for hydroxylation is 4. The first-order valence-corrected chi connectivity index (χ1v) is 9.44. The number of anilines is 1. The summed E-state index contributed by atoms with van der Waals surface area (Å²) >= 11 is 0. The molecule has 3 aromatic rings. The van der Waals surface area contributed by atoms with Gasteiger partial charge in [-0.05, 0) is 62.6 Å². The Labute approximate surface area is 165 Å². The van der Waals surface area contributed by atoms with Crippen molar-refractivity contribution in [2.75, 3.05) is 11.9 Å². The first-order valence-electron chi connectivity index (χ1n) is 9.44. The highest BCUT2D eigenvalue weighted by Crippen LogP contribution is 2.25. The summed E-state index contributed by atoms with van der Waals surface area (Å²) in [6.45, 7) is 8.35. The maximum absolute atomic E-state index is 12.3. The first kappa shape index (κ1) is 19.7. The summed E-state index contributed by atoms with van der Waals surface area (Å²) in [7, 11) is 0. The molecule has 0 aliphatic carbocycles. The summed E-state index contributed by atoms with van der Waals surface area (Å²) in [5.74, 6) is -0.243. The molecule has 0 fully saturated rings. The molecule has 0 aliphatic heterocycles. The monoisotopic (exact) mass is 378 g/mol. The third kappa shape index (κ3) is 4.60. The average Bonchev–Trinajstić information content (AvgIpc) is 2.99. The molecule has 0 spiro atoms. The Bertz CT molecular complexity index is 1030. The Hall–Kier alpha value is -3.08. The molecular weight excluding hydrogens is 352 g/mol. The first-order chi connectivity index (χ1) is 13.3. The number of hydrogen-bond donors (Lipinski definition) is 2. The maximum atomic E-state index is 12.3. The van der Waals surface area contributed by atoms with Gasteiger partial charge in [-0.25, -0.2) is 0 Å². The van der Waals surface area contributed by atoms with E-state index in [0.717, 1.165) is 38.9 Å². The van der Waals surface area contributed by atoms with E-state index in [1.165, 1.54) is 5.56 Å². The van der Waals surface area contributed by atoms with Gasteiger partial charge in [0.25, 0.3) is 0 Å². The zero-order valence-corrected chi connectivity index (χ0v) is 16.8. The molecule has 0 bridgehead atoms. The van der Waals surface area contributed by atoms with Crippen molar-refractivity contribution in [1.29, 1.82) is 0 Å². The number of carbonyl (C=O) groups is 2. The summed E-state index contributed by atoms with van der Waals surface area (Å²) < 4.78 is 5.57. The van der Waals surface area contributed by atoms with E-state index < -0.39 is 0 Å². The molecule has 2 amide bonds. The SMILES string of the molecule is Cc1ccc(NC(=O)CCNC(=O)Cc2coc3cc(C)c(C)cc23)c(C)c1. The molecule has 5 nitrogen and oxygen atoms in total. The van der Waals surface area contributed by atoms with Crippen molar-refractivity contribution in [3.8, 4) is 0 Å². The van der Waals surface area contributed by atoms with Crippen LogP contribution in [0.1, 0.15) is 34.2 Å². The van der Waals surface area contributed by atoms with Gasteiger partial charge in [-0.1, -0.05) is 17.7 Å². The Kier molecular flexibility index (Phi) is 5.83. The predicted molar refractivity (Wildman–Crippen MR) is 112 cm³/mol. The second kappa shape index (κ2) is 8.30. The Morgan fingerprint density at radius 3 is 2.43 bits per heavy atom. The normalized spacial score (nSPS) is 10.9. The van der Waals surface area contributed by atoms with Crippen LogP contribution in [0.4, 0.5) is 5.69 Å². The lowest BCUT2D eigenvalue weighted by molar-refractivity contribution is -0.120. The largest absolute Gasteiger partial charge is 0.464 e. The van der Waals surface area contributed by atoms with Gasteiger partial charge in [-0.15, -0.1) is 0 Å². The molecule has 146 valence electrons. The summed E-state index contributed by atoms with van der Waals surface area (Å²) in [5, 5.41) is 6.66. The fourth-order valence-electron chi connectivity index (χ4n) is 3.19. The number of amides is 2. The van der Waals surface area contributed by atoms with Crippen molar-refractivity contribution in [1.82, 2.24) is 5.32 Å². The molecule has 0 saturated heterocycles. The van der Waals surface area contributed by atoms with Crippen molar-refractivity contribution in [2.45, 2.75) is 40.5 Å². The van der Waals surface area contributed by atoms with Crippen LogP contribution in [0.3, 0.4) is 0 Å². The van der Waals surface area contributed by atoms with E-state index in [-0.39, 0.29) is 24.7 Å². The van der Waals surface area contributed by atoms with Gasteiger partial charge >= 0.3 is 0 Å². The third-order valence-electron chi connectivity index (χ3n) is 4.95. The molecule has 0 radical (unpaired) electrons. The van der Waals surface area contributed by atoms with Crippen LogP contribution in [0, 0.1) is 27.7 Å². The molecule has 2 N–H and O–H groups in total. The minimum absolute atomic E-state index is 0.118. The smallest absolute Gasteiger partial charge is 0.226 e. The number of hydrogen-bond acceptors (Lipinski definition) is 3. The molecular formula is C23H26N2O3. The van der Waals surface area contributed by atoms with Crippen LogP contribution in [0.15, 0.2) is 41.0 Å². The highest BCUT2D eigenvalue weighted by molar-refractivity contribution is 5.92. The Morgan fingerprint density at radius 2 is 1.68 bits per heavy atom. The van der Waals surface area contributed by atoms with Crippen molar-refractivity contribution in [3.05, 3.63) is 64.4 Å². The molecule has 1 aromatic heterocycles. The van der Waals surface area contributed by atoms with Gasteiger partial charge < -0.3 is 15.1 Å². The molecule has 2 aromatic carbocycles. The van der Waals surface area contributed by atoms with Crippen LogP contribution in [0.25, 0.3) is 11.0 Å². The van der Waals surface area contributed by atoms with Gasteiger partial charge in [0.2, 0.25) is 11.8 Å². The lowest BCUT2D eigenvalue weighted by Gasteiger charge is -2.09. The zero-order chi connectivity index (χ0) is 20.3. The second-order valence-electron chi connectivity index (χ2n) is 7.34. The van der Waals surface area contributed by atoms with Gasteiger partial charge in [-0.3, -0.25) is 9.59 Å². The quantitative estimate of drug-likeness (QED) is 0.670. The van der Waals surface area contributed by atoms with Crippen LogP contribution in [0.2, 0.25) is 0 Å². The summed E-state index contributed by atoms with van der Waals surface area (Å²) in [6, 6.07) is 9.92. The van der Waals surface area contributed by atoms with E-state index in [9.17, 15) is 9.59 Å². The van der Waals surface area contributed by atoms with Crippen LogP contribution in [0.5, 0.6) is 0 Å². The van der Waals surface area contributed by atoms with Crippen LogP contribution in [-0.2, 0) is 16.0 Å². The summed E-state index contributed by atoms with van der Waals surface area (Å²) in [4.78, 5) is 24.4. The van der Waals surface area contributed by atoms with Crippen LogP contribution >= 0.6 is 0 Å². The summed E-state index contributed by atoms with van der Waals surface area (Å²) in [6.07, 6.45) is 2.09. The van der Waals surface area contributed by atoms with Crippen molar-refractivity contribution >= 4 is 28.5 Å². The number of benzene rings is 2. The maximum Gasteiger partial charge on any atom is 0.226 e. The van der Waals surface area contributed by atoms with Crippen molar-refractivity contribution < 1.29 is 14.0 Å². The van der Waals surface area contributed by atoms with E-state index in [2.05, 4.69) is 10.6 Å². The standard InChI is InChI=1S/C23H26N2O3/c1-14-5-6-20(17(4)9-14)25-22(26)7-8-24-23(27)12-18-13-28-21-11-16(3)15(2)10-19(18)21/h5-6,9-11,13H,7-8,12H2,1-4H3,(H,24,27)(H,25,26). The molecule has 0 saturated carbocycles. The minimum atomic E-state index is -0.125. The lowest BCUT2D eigenvalue weighted by Crippen LogP contribution is -2.28. The van der Waals surface area contributed by atoms with E-state index >= 15 is 0 Å². The van der Waals surface area contributed by atoms with Crippen molar-refractivity contribution in [3.63, 3.8) is 0 Å². The molecule has 0 aliphatic rings. The molecule has 0 unspecified atom stereocenters. The zero-order valence-electron chi connectivity index (χ0n) is 16.8. The summed E-state index contributed by atoms with van der Waals surface area (Å²) in [5.41, 5.74) is 6.95.